The summed E-state index contributed by atoms with van der Waals surface area (Å²) in [5, 5.41) is 16.1. The third-order valence-electron chi connectivity index (χ3n) is 4.65. The fourth-order valence-corrected chi connectivity index (χ4v) is 3.42. The van der Waals surface area contributed by atoms with E-state index in [2.05, 4.69) is 22.2 Å². The maximum Gasteiger partial charge on any atom is 0.317 e. The molecule has 7 heteroatoms. The number of hydrogen-bond acceptors (Lipinski definition) is 4. The highest BCUT2D eigenvalue weighted by Crippen LogP contribution is 2.15. The summed E-state index contributed by atoms with van der Waals surface area (Å²) < 4.78 is 1.82. The van der Waals surface area contributed by atoms with Gasteiger partial charge in [-0.05, 0) is 31.4 Å². The molecular formula is C16H24N6O. The van der Waals surface area contributed by atoms with Gasteiger partial charge in [-0.2, -0.15) is 10.4 Å². The number of carbonyl (C=O) groups excluding carboxylic acids is 1. The van der Waals surface area contributed by atoms with E-state index in [1.54, 1.807) is 11.0 Å². The number of urea groups is 1. The van der Waals surface area contributed by atoms with Crippen LogP contribution in [-0.2, 0) is 13.1 Å². The Hall–Kier alpha value is -2.07. The normalized spacial score (nSPS) is 21.6. The fraction of sp³-hybridized carbons (Fsp3) is 0.688. The van der Waals surface area contributed by atoms with Crippen LogP contribution in [0.5, 0.6) is 0 Å². The molecule has 0 bridgehead atoms. The van der Waals surface area contributed by atoms with Crippen LogP contribution in [0.4, 0.5) is 4.79 Å². The predicted molar refractivity (Wildman–Crippen MR) is 85.6 cm³/mol. The Morgan fingerprint density at radius 1 is 1.48 bits per heavy atom. The first kappa shape index (κ1) is 15.8. The van der Waals surface area contributed by atoms with Crippen LogP contribution in [0.3, 0.4) is 0 Å². The van der Waals surface area contributed by atoms with Crippen molar-refractivity contribution in [3.63, 3.8) is 0 Å². The molecule has 1 aromatic heterocycles. The molecule has 1 aromatic rings. The molecule has 1 N–H and O–H groups in total. The summed E-state index contributed by atoms with van der Waals surface area (Å²) in [6.07, 6.45) is 2.57. The molecule has 0 radical (unpaired) electrons. The lowest BCUT2D eigenvalue weighted by atomic mass is 10.0. The summed E-state index contributed by atoms with van der Waals surface area (Å²) in [6.45, 7) is 7.96. The van der Waals surface area contributed by atoms with Crippen molar-refractivity contribution < 1.29 is 4.79 Å². The monoisotopic (exact) mass is 316 g/mol. The van der Waals surface area contributed by atoms with Crippen molar-refractivity contribution in [2.24, 2.45) is 5.92 Å². The Balaban J connectivity index is 1.45. The lowest BCUT2D eigenvalue weighted by Gasteiger charge is -2.31. The van der Waals surface area contributed by atoms with E-state index in [0.717, 1.165) is 31.2 Å². The van der Waals surface area contributed by atoms with Crippen molar-refractivity contribution in [1.29, 1.82) is 5.26 Å². The molecule has 2 aliphatic rings. The van der Waals surface area contributed by atoms with Gasteiger partial charge in [-0.1, -0.05) is 6.92 Å². The van der Waals surface area contributed by atoms with Gasteiger partial charge in [-0.25, -0.2) is 4.79 Å². The van der Waals surface area contributed by atoms with Crippen molar-refractivity contribution in [1.82, 2.24) is 24.9 Å². The highest BCUT2D eigenvalue weighted by atomic mass is 16.2. The minimum Gasteiger partial charge on any atom is -0.337 e. The minimum absolute atomic E-state index is 0.0268. The fourth-order valence-electron chi connectivity index (χ4n) is 3.42. The van der Waals surface area contributed by atoms with Crippen molar-refractivity contribution in [2.75, 3.05) is 32.7 Å². The van der Waals surface area contributed by atoms with Crippen molar-refractivity contribution in [3.8, 4) is 6.07 Å². The van der Waals surface area contributed by atoms with E-state index in [9.17, 15) is 4.79 Å². The molecule has 2 amide bonds. The third kappa shape index (κ3) is 3.82. The summed E-state index contributed by atoms with van der Waals surface area (Å²) >= 11 is 0. The molecule has 3 rings (SSSR count). The molecule has 23 heavy (non-hydrogen) atoms. The number of rotatable bonds is 3. The van der Waals surface area contributed by atoms with Gasteiger partial charge >= 0.3 is 6.03 Å². The van der Waals surface area contributed by atoms with Crippen molar-refractivity contribution in [3.05, 3.63) is 17.5 Å². The van der Waals surface area contributed by atoms with Crippen LogP contribution in [0, 0.1) is 17.2 Å². The maximum absolute atomic E-state index is 12.3. The summed E-state index contributed by atoms with van der Waals surface area (Å²) in [7, 11) is 0. The topological polar surface area (TPSA) is 77.2 Å². The minimum atomic E-state index is -0.0268. The van der Waals surface area contributed by atoms with Crippen LogP contribution in [0.15, 0.2) is 6.07 Å². The first-order chi connectivity index (χ1) is 11.2. The second-order valence-electron chi connectivity index (χ2n) is 6.56. The van der Waals surface area contributed by atoms with Gasteiger partial charge in [-0.15, -0.1) is 0 Å². The van der Waals surface area contributed by atoms with E-state index in [1.165, 1.54) is 12.8 Å². The summed E-state index contributed by atoms with van der Waals surface area (Å²) in [5.74, 6) is 0.760. The van der Waals surface area contributed by atoms with E-state index in [-0.39, 0.29) is 6.03 Å². The van der Waals surface area contributed by atoms with Crippen LogP contribution in [0.2, 0.25) is 0 Å². The van der Waals surface area contributed by atoms with Gasteiger partial charge in [0.2, 0.25) is 0 Å². The predicted octanol–water partition coefficient (Wildman–Crippen LogP) is 1.01. The molecular weight excluding hydrogens is 292 g/mol. The Bertz CT molecular complexity index is 604. The first-order valence-corrected chi connectivity index (χ1v) is 8.37. The zero-order chi connectivity index (χ0) is 16.2. The number of carbonyl (C=O) groups is 1. The number of nitriles is 1. The summed E-state index contributed by atoms with van der Waals surface area (Å²) in [4.78, 5) is 16.5. The van der Waals surface area contributed by atoms with E-state index in [4.69, 9.17) is 5.26 Å². The first-order valence-electron chi connectivity index (χ1n) is 8.37. The Kier molecular flexibility index (Phi) is 4.82. The van der Waals surface area contributed by atoms with E-state index in [0.29, 0.717) is 31.9 Å². The molecule has 1 fully saturated rings. The maximum atomic E-state index is 12.3. The van der Waals surface area contributed by atoms with E-state index < -0.39 is 0 Å². The SMILES string of the molecule is C[C@H]1CCCN(CCNC(=O)N2CCn3nc(C#N)cc3C2)C1. The van der Waals surface area contributed by atoms with Gasteiger partial charge in [-0.3, -0.25) is 4.68 Å². The van der Waals surface area contributed by atoms with Crippen LogP contribution in [-0.4, -0.2) is 58.3 Å². The molecule has 1 saturated heterocycles. The number of piperidine rings is 1. The number of likely N-dealkylation sites (tertiary alicyclic amines) is 1. The quantitative estimate of drug-likeness (QED) is 0.903. The second kappa shape index (κ2) is 7.01. The zero-order valence-corrected chi connectivity index (χ0v) is 13.7. The molecule has 2 aliphatic heterocycles. The number of hydrogen-bond donors (Lipinski definition) is 1. The highest BCUT2D eigenvalue weighted by Gasteiger charge is 2.22. The van der Waals surface area contributed by atoms with Gasteiger partial charge in [0.15, 0.2) is 5.69 Å². The molecule has 3 heterocycles. The second-order valence-corrected chi connectivity index (χ2v) is 6.56. The van der Waals surface area contributed by atoms with Crippen LogP contribution in [0.25, 0.3) is 0 Å². The van der Waals surface area contributed by atoms with Gasteiger partial charge in [0.05, 0.1) is 18.8 Å². The van der Waals surface area contributed by atoms with E-state index in [1.807, 2.05) is 10.8 Å². The van der Waals surface area contributed by atoms with E-state index >= 15 is 0 Å². The van der Waals surface area contributed by atoms with Gasteiger partial charge in [0, 0.05) is 26.2 Å². The molecule has 7 nitrogen and oxygen atoms in total. The average Bonchev–Trinajstić information content (AvgIpc) is 2.97. The molecule has 1 atom stereocenters. The number of aromatic nitrogens is 2. The molecule has 0 aromatic carbocycles. The Labute approximate surface area is 136 Å². The molecule has 0 unspecified atom stereocenters. The number of nitrogens with one attached hydrogen (secondary N) is 1. The van der Waals surface area contributed by atoms with Crippen LogP contribution in [0.1, 0.15) is 31.2 Å². The standard InChI is InChI=1S/C16H24N6O/c1-13-3-2-5-20(11-13)6-4-18-16(23)21-7-8-22-15(12-21)9-14(10-17)19-22/h9,13H,2-8,11-12H2,1H3,(H,18,23)/t13-/m0/s1. The highest BCUT2D eigenvalue weighted by molar-refractivity contribution is 5.74. The smallest absolute Gasteiger partial charge is 0.317 e. The largest absolute Gasteiger partial charge is 0.337 e. The zero-order valence-electron chi connectivity index (χ0n) is 13.7. The Morgan fingerprint density at radius 2 is 2.35 bits per heavy atom. The van der Waals surface area contributed by atoms with Crippen LogP contribution < -0.4 is 5.32 Å². The Morgan fingerprint density at radius 3 is 3.13 bits per heavy atom. The average molecular weight is 316 g/mol. The molecule has 0 spiro atoms. The molecule has 0 saturated carbocycles. The lowest BCUT2D eigenvalue weighted by Crippen LogP contribution is -2.47. The summed E-state index contributed by atoms with van der Waals surface area (Å²) in [6, 6.07) is 3.78. The third-order valence-corrected chi connectivity index (χ3v) is 4.65. The molecule has 124 valence electrons. The van der Waals surface area contributed by atoms with Crippen LogP contribution >= 0.6 is 0 Å². The van der Waals surface area contributed by atoms with Crippen molar-refractivity contribution >= 4 is 6.03 Å². The number of amides is 2. The van der Waals surface area contributed by atoms with Gasteiger partial charge in [0.1, 0.15) is 6.07 Å². The number of fused-ring (bicyclic) bond motifs is 1. The van der Waals surface area contributed by atoms with Gasteiger partial charge < -0.3 is 15.1 Å². The number of nitrogens with zero attached hydrogens (tertiary/aromatic N) is 5. The lowest BCUT2D eigenvalue weighted by molar-refractivity contribution is 0.169. The molecule has 0 aliphatic carbocycles. The summed E-state index contributed by atoms with van der Waals surface area (Å²) in [5.41, 5.74) is 1.34. The van der Waals surface area contributed by atoms with Crippen molar-refractivity contribution in [2.45, 2.75) is 32.9 Å². The van der Waals surface area contributed by atoms with Gasteiger partial charge in [0.25, 0.3) is 0 Å².